The Kier molecular flexibility index (Phi) is 4.17. The minimum Gasteiger partial charge on any atom is -0.508 e. The van der Waals surface area contributed by atoms with Gasteiger partial charge in [0.15, 0.2) is 0 Å². The molecule has 1 saturated heterocycles. The van der Waals surface area contributed by atoms with Crippen LogP contribution in [0.15, 0.2) is 18.2 Å². The third-order valence-corrected chi connectivity index (χ3v) is 4.47. The van der Waals surface area contributed by atoms with Gasteiger partial charge in [0.25, 0.3) is 5.91 Å². The molecule has 0 aromatic heterocycles. The van der Waals surface area contributed by atoms with E-state index in [4.69, 9.17) is 11.6 Å². The summed E-state index contributed by atoms with van der Waals surface area (Å²) in [6, 6.07) is 4.65. The summed E-state index contributed by atoms with van der Waals surface area (Å²) in [5.41, 5.74) is 0.372. The van der Waals surface area contributed by atoms with Gasteiger partial charge in [-0.1, -0.05) is 34.5 Å². The molecule has 2 unspecified atom stereocenters. The van der Waals surface area contributed by atoms with Gasteiger partial charge in [0, 0.05) is 17.9 Å². The van der Waals surface area contributed by atoms with Gasteiger partial charge in [0.1, 0.15) is 5.75 Å². The van der Waals surface area contributed by atoms with Crippen molar-refractivity contribution in [3.05, 3.63) is 28.8 Å². The summed E-state index contributed by atoms with van der Waals surface area (Å²) in [4.78, 5) is 14.3. The average molecular weight is 333 g/mol. The van der Waals surface area contributed by atoms with Crippen molar-refractivity contribution in [3.8, 4) is 5.75 Å². The molecular weight excluding hydrogens is 318 g/mol. The van der Waals surface area contributed by atoms with Gasteiger partial charge in [-0.15, -0.1) is 0 Å². The lowest BCUT2D eigenvalue weighted by atomic mass is 10.0. The highest BCUT2D eigenvalue weighted by atomic mass is 79.9. The van der Waals surface area contributed by atoms with E-state index in [0.717, 1.165) is 18.3 Å². The Hall–Kier alpha value is -0.740. The maximum absolute atomic E-state index is 12.4. The highest BCUT2D eigenvalue weighted by Crippen LogP contribution is 2.30. The van der Waals surface area contributed by atoms with E-state index in [9.17, 15) is 9.90 Å². The van der Waals surface area contributed by atoms with Crippen molar-refractivity contribution >= 4 is 33.4 Å². The van der Waals surface area contributed by atoms with Crippen LogP contribution < -0.4 is 0 Å². The first kappa shape index (κ1) is 13.7. The van der Waals surface area contributed by atoms with E-state index in [-0.39, 0.29) is 17.7 Å². The zero-order chi connectivity index (χ0) is 13.3. The molecule has 18 heavy (non-hydrogen) atoms. The van der Waals surface area contributed by atoms with Gasteiger partial charge in [-0.05, 0) is 30.5 Å². The van der Waals surface area contributed by atoms with Gasteiger partial charge in [-0.3, -0.25) is 4.79 Å². The molecule has 1 fully saturated rings. The molecule has 1 aliphatic rings. The summed E-state index contributed by atoms with van der Waals surface area (Å²) < 4.78 is 0. The molecule has 0 radical (unpaired) electrons. The number of benzene rings is 1. The van der Waals surface area contributed by atoms with Crippen LogP contribution in [0, 0.1) is 5.92 Å². The van der Waals surface area contributed by atoms with Crippen molar-refractivity contribution in [1.29, 1.82) is 0 Å². The topological polar surface area (TPSA) is 40.5 Å². The number of carbonyl (C=O) groups excluding carboxylic acids is 1. The van der Waals surface area contributed by atoms with E-state index in [1.807, 2.05) is 4.90 Å². The van der Waals surface area contributed by atoms with Crippen molar-refractivity contribution in [2.75, 3.05) is 11.9 Å². The van der Waals surface area contributed by atoms with E-state index in [1.54, 1.807) is 6.07 Å². The number of amides is 1. The number of phenols is 1. The van der Waals surface area contributed by atoms with Crippen LogP contribution in [-0.4, -0.2) is 33.8 Å². The fourth-order valence-electron chi connectivity index (χ4n) is 2.33. The van der Waals surface area contributed by atoms with Crippen LogP contribution in [0.5, 0.6) is 5.75 Å². The maximum Gasteiger partial charge on any atom is 0.255 e. The Bertz CT molecular complexity index is 466. The predicted molar refractivity (Wildman–Crippen MR) is 75.5 cm³/mol. The first-order chi connectivity index (χ1) is 8.54. The third-order valence-electron chi connectivity index (χ3n) is 3.48. The molecule has 0 bridgehead atoms. The molecular formula is C13H15BrClNO2. The number of nitrogens with zero attached hydrogens (tertiary/aromatic N) is 1. The fraction of sp³-hybridized carbons (Fsp3) is 0.462. The molecule has 98 valence electrons. The Morgan fingerprint density at radius 2 is 2.33 bits per heavy atom. The molecule has 2 atom stereocenters. The molecule has 0 saturated carbocycles. The second-order valence-electron chi connectivity index (χ2n) is 4.65. The van der Waals surface area contributed by atoms with Gasteiger partial charge in [-0.25, -0.2) is 0 Å². The number of halogens is 2. The first-order valence-electron chi connectivity index (χ1n) is 5.90. The number of likely N-dealkylation sites (tertiary alicyclic amines) is 1. The summed E-state index contributed by atoms with van der Waals surface area (Å²) in [6.07, 6.45) is 0.998. The van der Waals surface area contributed by atoms with Crippen LogP contribution in [0.25, 0.3) is 0 Å². The van der Waals surface area contributed by atoms with Crippen LogP contribution in [0.2, 0.25) is 5.02 Å². The Balaban J connectivity index is 2.28. The highest BCUT2D eigenvalue weighted by molar-refractivity contribution is 9.09. The lowest BCUT2D eigenvalue weighted by Crippen LogP contribution is -2.38. The zero-order valence-electron chi connectivity index (χ0n) is 10.1. The van der Waals surface area contributed by atoms with Crippen molar-refractivity contribution < 1.29 is 9.90 Å². The Labute approximate surface area is 120 Å². The number of phenolic OH excluding ortho intramolecular Hbond substituents is 1. The highest BCUT2D eigenvalue weighted by Gasteiger charge is 2.34. The molecule has 0 spiro atoms. The van der Waals surface area contributed by atoms with Crippen LogP contribution in [0.1, 0.15) is 23.7 Å². The smallest absolute Gasteiger partial charge is 0.255 e. The largest absolute Gasteiger partial charge is 0.508 e. The first-order valence-corrected chi connectivity index (χ1v) is 7.40. The molecule has 3 nitrogen and oxygen atoms in total. The standard InChI is InChI=1S/C13H15BrClNO2/c1-8-4-5-16(12(8)7-14)13(18)10-6-9(17)2-3-11(10)15/h2-3,6,8,12,17H,4-5,7H2,1H3. The van der Waals surface area contributed by atoms with Crippen LogP contribution >= 0.6 is 27.5 Å². The molecule has 1 aromatic carbocycles. The van der Waals surface area contributed by atoms with Crippen molar-refractivity contribution in [1.82, 2.24) is 4.90 Å². The number of hydrogen-bond acceptors (Lipinski definition) is 2. The maximum atomic E-state index is 12.4. The lowest BCUT2D eigenvalue weighted by molar-refractivity contribution is 0.0738. The van der Waals surface area contributed by atoms with Gasteiger partial charge in [-0.2, -0.15) is 0 Å². The third kappa shape index (κ3) is 2.50. The predicted octanol–water partition coefficient (Wildman–Crippen LogP) is 3.29. The molecule has 1 N–H and O–H groups in total. The van der Waals surface area contributed by atoms with Gasteiger partial charge in [0.2, 0.25) is 0 Å². The van der Waals surface area contributed by atoms with Crippen LogP contribution in [-0.2, 0) is 0 Å². The SMILES string of the molecule is CC1CCN(C(=O)c2cc(O)ccc2Cl)C1CBr. The number of alkyl halides is 1. The van der Waals surface area contributed by atoms with Crippen molar-refractivity contribution in [2.45, 2.75) is 19.4 Å². The second-order valence-corrected chi connectivity index (χ2v) is 5.70. The molecule has 2 rings (SSSR count). The molecule has 1 heterocycles. The molecule has 1 aromatic rings. The summed E-state index contributed by atoms with van der Waals surface area (Å²) in [5, 5.41) is 10.6. The molecule has 1 aliphatic heterocycles. The molecule has 1 amide bonds. The minimum absolute atomic E-state index is 0.0605. The van der Waals surface area contributed by atoms with E-state index in [2.05, 4.69) is 22.9 Å². The van der Waals surface area contributed by atoms with Crippen molar-refractivity contribution in [2.24, 2.45) is 5.92 Å². The average Bonchev–Trinajstić information content (AvgIpc) is 2.72. The van der Waals surface area contributed by atoms with Crippen LogP contribution in [0.4, 0.5) is 0 Å². The van der Waals surface area contributed by atoms with E-state index in [1.165, 1.54) is 12.1 Å². The second kappa shape index (κ2) is 5.49. The number of hydrogen-bond donors (Lipinski definition) is 1. The van der Waals surface area contributed by atoms with Gasteiger partial charge < -0.3 is 10.0 Å². The summed E-state index contributed by atoms with van der Waals surface area (Å²) in [6.45, 7) is 2.88. The summed E-state index contributed by atoms with van der Waals surface area (Å²) in [7, 11) is 0. The number of rotatable bonds is 2. The summed E-state index contributed by atoms with van der Waals surface area (Å²) >= 11 is 9.48. The van der Waals surface area contributed by atoms with E-state index < -0.39 is 0 Å². The van der Waals surface area contributed by atoms with Crippen LogP contribution in [0.3, 0.4) is 0 Å². The summed E-state index contributed by atoms with van der Waals surface area (Å²) in [5.74, 6) is 0.430. The van der Waals surface area contributed by atoms with Gasteiger partial charge in [0.05, 0.1) is 10.6 Å². The molecule has 5 heteroatoms. The normalized spacial score (nSPS) is 23.4. The molecule has 0 aliphatic carbocycles. The van der Waals surface area contributed by atoms with Crippen molar-refractivity contribution in [3.63, 3.8) is 0 Å². The quantitative estimate of drug-likeness (QED) is 0.844. The van der Waals surface area contributed by atoms with E-state index >= 15 is 0 Å². The monoisotopic (exact) mass is 331 g/mol. The Morgan fingerprint density at radius 1 is 1.61 bits per heavy atom. The Morgan fingerprint density at radius 3 is 3.00 bits per heavy atom. The fourth-order valence-corrected chi connectivity index (χ4v) is 3.51. The number of carbonyl (C=O) groups is 1. The van der Waals surface area contributed by atoms with Gasteiger partial charge >= 0.3 is 0 Å². The zero-order valence-corrected chi connectivity index (χ0v) is 12.4. The minimum atomic E-state index is -0.107. The lowest BCUT2D eigenvalue weighted by Gasteiger charge is -2.25. The number of aromatic hydroxyl groups is 1. The van der Waals surface area contributed by atoms with E-state index in [0.29, 0.717) is 16.5 Å².